The molecule has 16 heteroatoms. The SMILES string of the molecule is CCCCCc1ccc(-c2cc(F)c(-c3ccc(F)c(F)c3)c(F)c2)cc1.CCCCc1ccc(-c2cc(F)c(-c3ccc(F)c(F)c3)c(F)c2)cc1.CCCc1ccc(-c2cc(F)c(-c3ccc(F)c(F)c3)c(F)c2)cc1.CCc1ccc(-c2cc(F)c(-c3ccc(F)c(F)c3)c(F)c2)cc1. The fourth-order valence-corrected chi connectivity index (χ4v) is 11.4. The van der Waals surface area contributed by atoms with Gasteiger partial charge in [0, 0.05) is 0 Å². The Morgan fingerprint density at radius 2 is 0.373 bits per heavy atom. The van der Waals surface area contributed by atoms with E-state index >= 15 is 0 Å². The van der Waals surface area contributed by atoms with Crippen molar-refractivity contribution in [3.63, 3.8) is 0 Å². The minimum atomic E-state index is -1.15. The standard InChI is InChI=1S/C23H20F4.C22H18F4.C21H16F4.C20H14F4/c1-2-3-4-5-15-6-8-16(9-7-15)18-13-21(26)23(22(27)14-18)17-10-11-19(24)20(25)12-17;1-2-3-4-14-5-7-15(8-6-14)17-12-20(25)22(21(26)13-17)16-9-10-18(23)19(24)11-16;1-2-3-13-4-6-14(7-5-13)16-11-19(24)21(20(25)12-16)15-8-9-17(22)18(23)10-15;1-2-12-3-5-13(6-4-12)15-10-18(23)20(19(24)11-15)14-7-8-16(21)17(22)9-14/h6-14H,2-5H2,1H3;5-13H,2-4H2,1H3;4-12H,2-3H2,1H3;3-11H,2H2,1H3. The highest BCUT2D eigenvalue weighted by molar-refractivity contribution is 5.76. The molecule has 0 bridgehead atoms. The summed E-state index contributed by atoms with van der Waals surface area (Å²) in [5.74, 6) is -15.4. The molecule has 0 saturated heterocycles. The van der Waals surface area contributed by atoms with Gasteiger partial charge in [0.2, 0.25) is 0 Å². The average Bonchev–Trinajstić information content (AvgIpc) is 0.812. The third kappa shape index (κ3) is 19.1. The molecule has 0 amide bonds. The molecule has 0 saturated carbocycles. The molecular weight excluding hydrogens is 1340 g/mol. The third-order valence-corrected chi connectivity index (χ3v) is 17.0. The molecule has 0 heterocycles. The molecule has 0 aliphatic carbocycles. The molecule has 12 aromatic carbocycles. The number of aryl methyl sites for hydroxylation is 4. The molecule has 12 aromatic rings. The van der Waals surface area contributed by atoms with Crippen molar-refractivity contribution < 1.29 is 70.2 Å². The van der Waals surface area contributed by atoms with Gasteiger partial charge in [0.25, 0.3) is 0 Å². The molecule has 102 heavy (non-hydrogen) atoms. The van der Waals surface area contributed by atoms with Crippen molar-refractivity contribution in [2.24, 2.45) is 0 Å². The highest BCUT2D eigenvalue weighted by Gasteiger charge is 2.21. The maximum Gasteiger partial charge on any atom is 0.159 e. The maximum atomic E-state index is 14.5. The Morgan fingerprint density at radius 1 is 0.167 bits per heavy atom. The van der Waals surface area contributed by atoms with Crippen molar-refractivity contribution in [3.05, 3.63) is 334 Å². The van der Waals surface area contributed by atoms with Crippen molar-refractivity contribution in [3.8, 4) is 89.0 Å². The predicted octanol–water partition coefficient (Wildman–Crippen LogP) is 26.9. The van der Waals surface area contributed by atoms with E-state index in [-0.39, 0.29) is 44.5 Å². The number of halogens is 16. The highest BCUT2D eigenvalue weighted by atomic mass is 19.2. The fraction of sp³-hybridized carbons (Fsp3) is 0.163. The summed E-state index contributed by atoms with van der Waals surface area (Å²) in [4.78, 5) is 0. The number of benzene rings is 12. The Labute approximate surface area is 582 Å². The zero-order chi connectivity index (χ0) is 73.3. The van der Waals surface area contributed by atoms with Crippen molar-refractivity contribution in [2.75, 3.05) is 0 Å². The summed E-state index contributed by atoms with van der Waals surface area (Å²) in [7, 11) is 0. The van der Waals surface area contributed by atoms with Crippen LogP contribution in [0, 0.1) is 93.1 Å². The summed E-state index contributed by atoms with van der Waals surface area (Å²) in [5, 5.41) is 0. The smallest absolute Gasteiger partial charge is 0.159 e. The molecule has 0 nitrogen and oxygen atoms in total. The molecule has 524 valence electrons. The fourth-order valence-electron chi connectivity index (χ4n) is 11.4. The predicted molar refractivity (Wildman–Crippen MR) is 374 cm³/mol. The molecule has 12 rings (SSSR count). The number of hydrogen-bond acceptors (Lipinski definition) is 0. The topological polar surface area (TPSA) is 0 Å². The molecule has 0 unspecified atom stereocenters. The summed E-state index contributed by atoms with van der Waals surface area (Å²) >= 11 is 0. The monoisotopic (exact) mass is 1400 g/mol. The van der Waals surface area contributed by atoms with Gasteiger partial charge in [0.15, 0.2) is 46.5 Å². The van der Waals surface area contributed by atoms with Gasteiger partial charge in [0.05, 0.1) is 22.3 Å². The summed E-state index contributed by atoms with van der Waals surface area (Å²) in [5.41, 5.74) is 7.34. The molecule has 0 N–H and O–H groups in total. The van der Waals surface area contributed by atoms with Crippen LogP contribution in [0.5, 0.6) is 0 Å². The molecule has 0 aromatic heterocycles. The van der Waals surface area contributed by atoms with Gasteiger partial charge in [-0.25, -0.2) is 70.2 Å². The van der Waals surface area contributed by atoms with Crippen LogP contribution in [0.4, 0.5) is 70.2 Å². The molecule has 0 aliphatic rings. The van der Waals surface area contributed by atoms with Crippen LogP contribution in [0.25, 0.3) is 89.0 Å². The van der Waals surface area contributed by atoms with Gasteiger partial charge in [-0.05, 0) is 225 Å². The summed E-state index contributed by atoms with van der Waals surface area (Å²) in [6.45, 7) is 8.37. The third-order valence-electron chi connectivity index (χ3n) is 17.0. The van der Waals surface area contributed by atoms with Crippen molar-refractivity contribution in [1.29, 1.82) is 0 Å². The Balaban J connectivity index is 0.000000158. The van der Waals surface area contributed by atoms with Crippen LogP contribution in [0.15, 0.2) is 218 Å². The first-order valence-electron chi connectivity index (χ1n) is 33.1. The van der Waals surface area contributed by atoms with Crippen LogP contribution in [-0.2, 0) is 25.7 Å². The zero-order valence-corrected chi connectivity index (χ0v) is 55.9. The Morgan fingerprint density at radius 3 is 0.588 bits per heavy atom. The molecule has 0 radical (unpaired) electrons. The molecule has 0 atom stereocenters. The Hall–Kier alpha value is -10.5. The van der Waals surface area contributed by atoms with Crippen LogP contribution in [-0.4, -0.2) is 0 Å². The van der Waals surface area contributed by atoms with E-state index in [2.05, 4.69) is 20.8 Å². The van der Waals surface area contributed by atoms with Gasteiger partial charge in [-0.15, -0.1) is 0 Å². The van der Waals surface area contributed by atoms with E-state index in [9.17, 15) is 70.2 Å². The van der Waals surface area contributed by atoms with Gasteiger partial charge in [-0.1, -0.05) is 175 Å². The van der Waals surface area contributed by atoms with E-state index in [1.807, 2.05) is 91.9 Å². The summed E-state index contributed by atoms with van der Waals surface area (Å²) in [6.07, 6.45) is 10.4. The van der Waals surface area contributed by atoms with Crippen molar-refractivity contribution >= 4 is 0 Å². The van der Waals surface area contributed by atoms with Crippen LogP contribution < -0.4 is 0 Å². The first-order valence-corrected chi connectivity index (χ1v) is 33.1. The van der Waals surface area contributed by atoms with Crippen molar-refractivity contribution in [2.45, 2.75) is 91.9 Å². The van der Waals surface area contributed by atoms with Crippen molar-refractivity contribution in [1.82, 2.24) is 0 Å². The largest absolute Gasteiger partial charge is 0.206 e. The zero-order valence-electron chi connectivity index (χ0n) is 55.9. The Bertz CT molecular complexity index is 4760. The molecular formula is C86H68F16. The van der Waals surface area contributed by atoms with Gasteiger partial charge in [0.1, 0.15) is 46.5 Å². The van der Waals surface area contributed by atoms with Crippen LogP contribution in [0.1, 0.15) is 88.5 Å². The minimum Gasteiger partial charge on any atom is -0.206 e. The quantitative estimate of drug-likeness (QED) is 0.0593. The number of rotatable bonds is 18. The van der Waals surface area contributed by atoms with E-state index in [4.69, 9.17) is 0 Å². The van der Waals surface area contributed by atoms with E-state index in [0.717, 1.165) is 142 Å². The van der Waals surface area contributed by atoms with Gasteiger partial charge in [-0.2, -0.15) is 0 Å². The lowest BCUT2D eigenvalue weighted by Gasteiger charge is -2.10. The van der Waals surface area contributed by atoms with Gasteiger partial charge in [-0.3, -0.25) is 0 Å². The normalized spacial score (nSPS) is 10.9. The van der Waals surface area contributed by atoms with Gasteiger partial charge < -0.3 is 0 Å². The second-order valence-corrected chi connectivity index (χ2v) is 24.2. The highest BCUT2D eigenvalue weighted by Crippen LogP contribution is 2.37. The Kier molecular flexibility index (Phi) is 26.1. The first kappa shape index (κ1) is 75.7. The summed E-state index contributed by atoms with van der Waals surface area (Å²) in [6, 6.07) is 50.9. The lowest BCUT2D eigenvalue weighted by Crippen LogP contribution is -1.94. The molecule has 0 fully saturated rings. The first-order chi connectivity index (χ1) is 49.0. The lowest BCUT2D eigenvalue weighted by atomic mass is 9.97. The summed E-state index contributed by atoms with van der Waals surface area (Å²) < 4.78 is 221. The van der Waals surface area contributed by atoms with Crippen LogP contribution in [0.2, 0.25) is 0 Å². The van der Waals surface area contributed by atoms with E-state index in [1.165, 1.54) is 66.1 Å². The average molecular weight is 1410 g/mol. The van der Waals surface area contributed by atoms with Crippen LogP contribution >= 0.6 is 0 Å². The van der Waals surface area contributed by atoms with E-state index in [0.29, 0.717) is 44.5 Å². The van der Waals surface area contributed by atoms with Crippen LogP contribution in [0.3, 0.4) is 0 Å². The number of hydrogen-bond donors (Lipinski definition) is 0. The molecule has 0 aliphatic heterocycles. The van der Waals surface area contributed by atoms with E-state index in [1.54, 1.807) is 12.1 Å². The molecule has 0 spiro atoms. The second-order valence-electron chi connectivity index (χ2n) is 24.2. The minimum absolute atomic E-state index is 0.0401. The lowest BCUT2D eigenvalue weighted by molar-refractivity contribution is 0.508. The van der Waals surface area contributed by atoms with Gasteiger partial charge >= 0.3 is 0 Å². The maximum absolute atomic E-state index is 14.5. The van der Waals surface area contributed by atoms with E-state index < -0.39 is 93.1 Å². The number of unbranched alkanes of at least 4 members (excludes halogenated alkanes) is 3. The second kappa shape index (κ2) is 35.2.